The monoisotopic (exact) mass is 537 g/mol. The van der Waals surface area contributed by atoms with E-state index in [2.05, 4.69) is 15.9 Å². The van der Waals surface area contributed by atoms with Crippen LogP contribution in [0.4, 0.5) is 10.1 Å². The molecule has 0 fully saturated rings. The van der Waals surface area contributed by atoms with Crippen molar-refractivity contribution < 1.29 is 17.5 Å². The average Bonchev–Trinajstić information content (AvgIpc) is 2.83. The number of ether oxygens (including phenoxy) is 1. The molecule has 0 amide bonds. The first kappa shape index (κ1) is 22.2. The van der Waals surface area contributed by atoms with Crippen LogP contribution in [0.5, 0.6) is 0 Å². The topological polar surface area (TPSA) is 96.4 Å². The Morgan fingerprint density at radius 1 is 1.09 bits per heavy atom. The van der Waals surface area contributed by atoms with Gasteiger partial charge >= 0.3 is 0 Å². The number of hydrogen-bond acceptors (Lipinski definition) is 5. The number of anilines is 1. The Morgan fingerprint density at radius 2 is 1.79 bits per heavy atom. The highest BCUT2D eigenvalue weighted by atomic mass is 79.9. The first-order valence-corrected chi connectivity index (χ1v) is 12.5. The van der Waals surface area contributed by atoms with E-state index in [0.717, 1.165) is 5.56 Å². The van der Waals surface area contributed by atoms with Gasteiger partial charge in [-0.2, -0.15) is 5.26 Å². The van der Waals surface area contributed by atoms with Crippen molar-refractivity contribution in [2.24, 2.45) is 5.73 Å². The molecular formula is C25H17BrFN3O3S. The second kappa shape index (κ2) is 8.31. The Bertz CT molecular complexity index is 1530. The third-order valence-corrected chi connectivity index (χ3v) is 8.17. The third-order valence-electron chi connectivity index (χ3n) is 5.80. The zero-order valence-corrected chi connectivity index (χ0v) is 20.0. The van der Waals surface area contributed by atoms with Crippen molar-refractivity contribution in [3.8, 4) is 6.07 Å². The van der Waals surface area contributed by atoms with Crippen LogP contribution < -0.4 is 10.0 Å². The van der Waals surface area contributed by atoms with E-state index in [4.69, 9.17) is 10.5 Å². The summed E-state index contributed by atoms with van der Waals surface area (Å²) in [6.07, 6.45) is 0. The number of fused-ring (bicyclic) bond motifs is 2. The van der Waals surface area contributed by atoms with E-state index in [1.807, 2.05) is 36.4 Å². The number of nitrogens with zero attached hydrogens (tertiary/aromatic N) is 2. The predicted octanol–water partition coefficient (Wildman–Crippen LogP) is 5.11. The van der Waals surface area contributed by atoms with Crippen molar-refractivity contribution >= 4 is 37.4 Å². The molecule has 170 valence electrons. The molecule has 0 aromatic heterocycles. The Hall–Kier alpha value is -3.61. The fourth-order valence-electron chi connectivity index (χ4n) is 4.28. The largest absolute Gasteiger partial charge is 0.439 e. The quantitative estimate of drug-likeness (QED) is 0.500. The van der Waals surface area contributed by atoms with Gasteiger partial charge in [0.25, 0.3) is 10.0 Å². The lowest BCUT2D eigenvalue weighted by atomic mass is 9.88. The van der Waals surface area contributed by atoms with Gasteiger partial charge in [-0.05, 0) is 35.9 Å². The average molecular weight is 538 g/mol. The van der Waals surface area contributed by atoms with Crippen LogP contribution in [-0.2, 0) is 21.3 Å². The summed E-state index contributed by atoms with van der Waals surface area (Å²) in [7, 11) is -4.26. The van der Waals surface area contributed by atoms with Gasteiger partial charge in [0.2, 0.25) is 5.88 Å². The van der Waals surface area contributed by atoms with Crippen molar-refractivity contribution in [1.82, 2.24) is 0 Å². The Labute approximate surface area is 204 Å². The molecule has 2 N–H and O–H groups in total. The number of para-hydroxylation sites is 1. The molecule has 3 aromatic carbocycles. The summed E-state index contributed by atoms with van der Waals surface area (Å²) in [5.41, 5.74) is 7.58. The molecule has 6 nitrogen and oxygen atoms in total. The number of sulfonamides is 1. The maximum atomic E-state index is 15.1. The van der Waals surface area contributed by atoms with Gasteiger partial charge in [0.1, 0.15) is 22.4 Å². The van der Waals surface area contributed by atoms with E-state index in [1.165, 1.54) is 22.5 Å². The number of benzene rings is 3. The van der Waals surface area contributed by atoms with Gasteiger partial charge in [-0.1, -0.05) is 58.4 Å². The number of nitrogens with two attached hydrogens (primary N) is 1. The van der Waals surface area contributed by atoms with Crippen molar-refractivity contribution in [3.05, 3.63) is 116 Å². The van der Waals surface area contributed by atoms with Gasteiger partial charge in [-0.25, -0.2) is 12.8 Å². The molecule has 1 atom stereocenters. The first-order valence-electron chi connectivity index (χ1n) is 10.3. The van der Waals surface area contributed by atoms with Crippen molar-refractivity contribution in [2.75, 3.05) is 4.31 Å². The maximum Gasteiger partial charge on any atom is 0.265 e. The van der Waals surface area contributed by atoms with Crippen LogP contribution in [0.1, 0.15) is 22.6 Å². The summed E-state index contributed by atoms with van der Waals surface area (Å²) in [6, 6.07) is 22.1. The minimum Gasteiger partial charge on any atom is -0.439 e. The predicted molar refractivity (Wildman–Crippen MR) is 130 cm³/mol. The van der Waals surface area contributed by atoms with Crippen LogP contribution in [-0.4, -0.2) is 8.42 Å². The van der Waals surface area contributed by atoms with E-state index in [-0.39, 0.29) is 34.2 Å². The van der Waals surface area contributed by atoms with Gasteiger partial charge in [-0.15, -0.1) is 0 Å². The van der Waals surface area contributed by atoms with E-state index in [9.17, 15) is 13.7 Å². The second-order valence-corrected chi connectivity index (χ2v) is 10.5. The number of halogens is 2. The molecule has 3 aromatic rings. The van der Waals surface area contributed by atoms with Gasteiger partial charge in [0.15, 0.2) is 5.76 Å². The van der Waals surface area contributed by atoms with Crippen LogP contribution >= 0.6 is 15.9 Å². The number of rotatable bonds is 3. The lowest BCUT2D eigenvalue weighted by molar-refractivity contribution is 0.357. The van der Waals surface area contributed by atoms with Crippen LogP contribution in [0.25, 0.3) is 5.76 Å². The minimum absolute atomic E-state index is 0.000729. The van der Waals surface area contributed by atoms with Gasteiger partial charge in [0.05, 0.1) is 18.2 Å². The zero-order chi connectivity index (χ0) is 24.0. The van der Waals surface area contributed by atoms with E-state index in [0.29, 0.717) is 15.7 Å². The smallest absolute Gasteiger partial charge is 0.265 e. The highest BCUT2D eigenvalue weighted by Gasteiger charge is 2.47. The second-order valence-electron chi connectivity index (χ2n) is 7.80. The molecule has 0 aliphatic carbocycles. The molecule has 9 heteroatoms. The molecule has 2 heterocycles. The fraction of sp³-hybridized carbons (Fsp3) is 0.0800. The fourth-order valence-corrected chi connectivity index (χ4v) is 6.56. The first-order chi connectivity index (χ1) is 16.3. The van der Waals surface area contributed by atoms with Crippen molar-refractivity contribution in [3.63, 3.8) is 0 Å². The van der Waals surface area contributed by atoms with E-state index < -0.39 is 21.8 Å². The van der Waals surface area contributed by atoms with E-state index in [1.54, 1.807) is 24.3 Å². The van der Waals surface area contributed by atoms with Gasteiger partial charge in [0, 0.05) is 15.6 Å². The standard InChI is InChI=1S/C25H17BrFN3O3S/c26-16-10-11-20(27)18(12-16)22-19(13-28)25(29)33-23-17-8-4-5-9-21(17)30(34(31,32)24(22)23)14-15-6-2-1-3-7-15/h1-12,22H,14,29H2. The third kappa shape index (κ3) is 3.47. The lowest BCUT2D eigenvalue weighted by Crippen LogP contribution is -2.39. The number of hydrogen-bond donors (Lipinski definition) is 1. The number of allylic oxidation sites excluding steroid dienone is 2. The molecule has 1 unspecified atom stereocenters. The highest BCUT2D eigenvalue weighted by molar-refractivity contribution is 9.10. The van der Waals surface area contributed by atoms with Crippen LogP contribution in [0.2, 0.25) is 0 Å². The highest BCUT2D eigenvalue weighted by Crippen LogP contribution is 2.51. The molecule has 0 saturated carbocycles. The van der Waals surface area contributed by atoms with Crippen LogP contribution in [0, 0.1) is 17.1 Å². The lowest BCUT2D eigenvalue weighted by Gasteiger charge is -2.38. The molecular weight excluding hydrogens is 521 g/mol. The SMILES string of the molecule is N#CC1=C(N)OC2=C(C1c1cc(Br)ccc1F)S(=O)(=O)N(Cc1ccccc1)c1ccccc12. The summed E-state index contributed by atoms with van der Waals surface area (Å²) in [5, 5.41) is 9.88. The zero-order valence-electron chi connectivity index (χ0n) is 17.6. The molecule has 34 heavy (non-hydrogen) atoms. The molecule has 2 aliphatic rings. The van der Waals surface area contributed by atoms with Crippen LogP contribution in [0.15, 0.2) is 93.6 Å². The summed E-state index contributed by atoms with van der Waals surface area (Å²) in [5.74, 6) is -2.19. The molecule has 2 aliphatic heterocycles. The van der Waals surface area contributed by atoms with Crippen LogP contribution in [0.3, 0.4) is 0 Å². The summed E-state index contributed by atoms with van der Waals surface area (Å²) in [4.78, 5) is -0.218. The van der Waals surface area contributed by atoms with Crippen molar-refractivity contribution in [1.29, 1.82) is 5.26 Å². The normalized spacial score (nSPS) is 18.6. The molecule has 0 bridgehead atoms. The molecule has 0 spiro atoms. The van der Waals surface area contributed by atoms with Gasteiger partial charge < -0.3 is 10.5 Å². The van der Waals surface area contributed by atoms with E-state index >= 15 is 4.39 Å². The molecule has 5 rings (SSSR count). The van der Waals surface area contributed by atoms with Crippen molar-refractivity contribution in [2.45, 2.75) is 12.5 Å². The maximum absolute atomic E-state index is 15.1. The molecule has 0 radical (unpaired) electrons. The Morgan fingerprint density at radius 3 is 2.53 bits per heavy atom. The van der Waals surface area contributed by atoms with Gasteiger partial charge in [-0.3, -0.25) is 4.31 Å². The number of nitriles is 1. The minimum atomic E-state index is -4.26. The Balaban J connectivity index is 1.80. The Kier molecular flexibility index (Phi) is 5.42. The summed E-state index contributed by atoms with van der Waals surface area (Å²) in [6.45, 7) is 0.0474. The summed E-state index contributed by atoms with van der Waals surface area (Å²) < 4.78 is 50.9. The molecule has 0 saturated heterocycles. The summed E-state index contributed by atoms with van der Waals surface area (Å²) >= 11 is 3.31.